The van der Waals surface area contributed by atoms with Gasteiger partial charge in [-0.3, -0.25) is 0 Å². The van der Waals surface area contributed by atoms with E-state index in [4.69, 9.17) is 28.5 Å². The van der Waals surface area contributed by atoms with Gasteiger partial charge < -0.3 is 9.47 Å². The van der Waals surface area contributed by atoms with Crippen LogP contribution in [0.4, 0.5) is 0 Å². The maximum atomic E-state index is 5.39. The molecule has 0 radical (unpaired) electrons. The Kier molecular flexibility index (Phi) is 10.1. The Morgan fingerprint density at radius 2 is 0.655 bits per heavy atom. The van der Waals surface area contributed by atoms with Crippen molar-refractivity contribution in [3.8, 4) is 0 Å². The quantitative estimate of drug-likeness (QED) is 0.263. The van der Waals surface area contributed by atoms with Crippen LogP contribution in [-0.2, 0) is 25.4 Å². The second-order valence-electron chi connectivity index (χ2n) is 7.79. The molecular weight excluding hydrogens is 547 g/mol. The van der Waals surface area contributed by atoms with Crippen LogP contribution in [0.2, 0.25) is 0 Å². The molecule has 0 unspecified atom stereocenters. The molecule has 0 aromatic carbocycles. The van der Waals surface area contributed by atoms with E-state index in [1.165, 1.54) is 52.4 Å². The number of halogens is 2. The molecule has 6 rings (SSSR count). The van der Waals surface area contributed by atoms with Crippen molar-refractivity contribution in [2.45, 2.75) is 0 Å². The first kappa shape index (κ1) is 23.9. The van der Waals surface area contributed by atoms with Gasteiger partial charge in [-0.1, -0.05) is 0 Å². The average molecular weight is 582 g/mol. The Morgan fingerprint density at radius 3 is 0.862 bits per heavy atom. The number of hydrogen-bond donors (Lipinski definition) is 0. The van der Waals surface area contributed by atoms with Crippen LogP contribution in [0.3, 0.4) is 0 Å². The molecule has 0 saturated carbocycles. The van der Waals surface area contributed by atoms with Gasteiger partial charge in [0.1, 0.15) is 0 Å². The maximum absolute atomic E-state index is 5.39. The van der Waals surface area contributed by atoms with Crippen LogP contribution < -0.4 is 0 Å². The Balaban J connectivity index is 0.000000125. The Morgan fingerprint density at radius 1 is 0.448 bits per heavy atom. The predicted molar refractivity (Wildman–Crippen MR) is 119 cm³/mol. The summed E-state index contributed by atoms with van der Waals surface area (Å²) in [5.74, 6) is 0. The molecule has 8 nitrogen and oxygen atoms in total. The molecule has 6 aliphatic heterocycles. The first-order valence-electron chi connectivity index (χ1n) is 10.5. The standard InChI is InChI=1S/2C8H16N3OP.2ClH.Pd/c2*1-2-9(1)13(10-3-4-10)11-5-7-12-8-6-11;;;/h2*1-8H2;2*1H;/q;;;;+2. The van der Waals surface area contributed by atoms with Crippen molar-refractivity contribution >= 4 is 35.8 Å². The molecule has 6 aliphatic rings. The van der Waals surface area contributed by atoms with E-state index >= 15 is 0 Å². The summed E-state index contributed by atoms with van der Waals surface area (Å²) in [4.78, 5) is 0. The molecule has 0 atom stereocenters. The number of nitrogens with zero attached hydrogens (tertiary/aromatic N) is 6. The summed E-state index contributed by atoms with van der Waals surface area (Å²) < 4.78 is 26.7. The molecule has 0 amide bonds. The van der Waals surface area contributed by atoms with E-state index in [1.807, 2.05) is 0 Å². The predicted octanol–water partition coefficient (Wildman–Crippen LogP) is 1.19. The molecule has 6 fully saturated rings. The van der Waals surface area contributed by atoms with Gasteiger partial charge in [-0.2, -0.15) is 0 Å². The Hall–Kier alpha value is 1.78. The van der Waals surface area contributed by atoms with Crippen LogP contribution in [0, 0.1) is 0 Å². The molecule has 0 spiro atoms. The zero-order valence-corrected chi connectivity index (χ0v) is 22.0. The third kappa shape index (κ3) is 7.95. The van der Waals surface area contributed by atoms with Crippen LogP contribution >= 0.6 is 35.8 Å². The summed E-state index contributed by atoms with van der Waals surface area (Å²) in [7, 11) is 8.75. The fraction of sp³-hybridized carbons (Fsp3) is 1.00. The van der Waals surface area contributed by atoms with E-state index in [1.54, 1.807) is 0 Å². The monoisotopic (exact) mass is 580 g/mol. The number of hydrogen-bond acceptors (Lipinski definition) is 8. The number of rotatable bonds is 6. The van der Waals surface area contributed by atoms with Crippen molar-refractivity contribution in [3.05, 3.63) is 0 Å². The summed E-state index contributed by atoms with van der Waals surface area (Å²) in [6.45, 7) is 19.1. The van der Waals surface area contributed by atoms with Gasteiger partial charge in [0, 0.05) is 0 Å². The van der Waals surface area contributed by atoms with E-state index in [0.717, 1.165) is 52.6 Å². The molecule has 29 heavy (non-hydrogen) atoms. The van der Waals surface area contributed by atoms with Gasteiger partial charge in [-0.05, 0) is 0 Å². The topological polar surface area (TPSA) is 37.0 Å². The van der Waals surface area contributed by atoms with Crippen LogP contribution in [0.5, 0.6) is 0 Å². The van der Waals surface area contributed by atoms with E-state index < -0.39 is 16.7 Å². The molecule has 0 N–H and O–H groups in total. The summed E-state index contributed by atoms with van der Waals surface area (Å²) >= 11 is -0.106. The van der Waals surface area contributed by atoms with Crippen molar-refractivity contribution in [1.82, 2.24) is 28.0 Å². The van der Waals surface area contributed by atoms with Crippen molar-refractivity contribution in [2.24, 2.45) is 0 Å². The van der Waals surface area contributed by atoms with Gasteiger partial charge in [-0.15, -0.1) is 28.0 Å². The van der Waals surface area contributed by atoms with E-state index in [0.29, 0.717) is 0 Å². The Labute approximate surface area is 193 Å². The van der Waals surface area contributed by atoms with Gasteiger partial charge in [0.2, 0.25) is 16.7 Å². The van der Waals surface area contributed by atoms with Gasteiger partial charge in [0.15, 0.2) is 0 Å². The van der Waals surface area contributed by atoms with Crippen molar-refractivity contribution < 1.29 is 25.4 Å². The Bertz CT molecular complexity index is 428. The molecule has 0 aromatic heterocycles. The van der Waals surface area contributed by atoms with Crippen molar-refractivity contribution in [1.29, 1.82) is 0 Å². The molecular formula is C16H34Cl2N6O2P2Pd+2. The normalized spacial score (nSPS) is 28.7. The summed E-state index contributed by atoms with van der Waals surface area (Å²) in [6, 6.07) is 0. The van der Waals surface area contributed by atoms with Crippen LogP contribution in [0.15, 0.2) is 0 Å². The fourth-order valence-corrected chi connectivity index (χ4v) is 9.29. The zero-order valence-electron chi connectivity index (χ0n) is 16.9. The van der Waals surface area contributed by atoms with Crippen LogP contribution in [0.25, 0.3) is 0 Å². The number of morpholine rings is 2. The van der Waals surface area contributed by atoms with E-state index in [2.05, 4.69) is 28.0 Å². The first-order valence-corrected chi connectivity index (χ1v) is 17.2. The molecule has 0 aliphatic carbocycles. The molecule has 172 valence electrons. The zero-order chi connectivity index (χ0) is 20.1. The van der Waals surface area contributed by atoms with Gasteiger partial charge in [0.05, 0.1) is 105 Å². The second kappa shape index (κ2) is 12.3. The molecule has 6 saturated heterocycles. The van der Waals surface area contributed by atoms with E-state index in [-0.39, 0.29) is 15.9 Å². The van der Waals surface area contributed by atoms with Crippen molar-refractivity contribution in [3.63, 3.8) is 0 Å². The number of ether oxygens (including phenoxy) is 2. The van der Waals surface area contributed by atoms with Crippen molar-refractivity contribution in [2.75, 3.05) is 105 Å². The minimum atomic E-state index is -0.437. The molecule has 6 heterocycles. The van der Waals surface area contributed by atoms with E-state index in [9.17, 15) is 0 Å². The van der Waals surface area contributed by atoms with Gasteiger partial charge >= 0.3 is 35.0 Å². The molecule has 0 bridgehead atoms. The van der Waals surface area contributed by atoms with Gasteiger partial charge in [0.25, 0.3) is 0 Å². The third-order valence-electron chi connectivity index (χ3n) is 5.51. The SMILES string of the molecule is C1CN([PH+](N2CC2)N2CC2)CCO1.C1CN([PH+](N2CC2)N2CC2)CCO1.[Cl][Pd][Cl]. The fourth-order valence-electron chi connectivity index (χ4n) is 3.73. The minimum absolute atomic E-state index is 0.106. The third-order valence-corrected chi connectivity index (χ3v) is 11.6. The first-order chi connectivity index (χ1) is 14.3. The average Bonchev–Trinajstić information content (AvgIpc) is 3.59. The van der Waals surface area contributed by atoms with Gasteiger partial charge in [-0.25, -0.2) is 0 Å². The van der Waals surface area contributed by atoms with Crippen LogP contribution in [0.1, 0.15) is 0 Å². The summed E-state index contributed by atoms with van der Waals surface area (Å²) in [5.41, 5.74) is 0. The molecule has 0 aromatic rings. The van der Waals surface area contributed by atoms with Crippen LogP contribution in [-0.4, -0.2) is 133 Å². The summed E-state index contributed by atoms with van der Waals surface area (Å²) in [6.07, 6.45) is 0. The second-order valence-corrected chi connectivity index (χ2v) is 15.1. The summed E-state index contributed by atoms with van der Waals surface area (Å²) in [5, 5.41) is 0. The molecule has 13 heteroatoms.